The van der Waals surface area contributed by atoms with E-state index in [2.05, 4.69) is 15.5 Å². The summed E-state index contributed by atoms with van der Waals surface area (Å²) in [5, 5.41) is 12.1. The van der Waals surface area contributed by atoms with Gasteiger partial charge >= 0.3 is 0 Å². The highest BCUT2D eigenvalue weighted by molar-refractivity contribution is 7.99. The molecule has 0 unspecified atom stereocenters. The number of nitrogens with one attached hydrogen (secondary N) is 1. The molecule has 0 spiro atoms. The summed E-state index contributed by atoms with van der Waals surface area (Å²) in [5.41, 5.74) is 2.77. The lowest BCUT2D eigenvalue weighted by atomic mass is 10.2. The summed E-state index contributed by atoms with van der Waals surface area (Å²) in [5.74, 6) is 0.441. The first-order valence-electron chi connectivity index (χ1n) is 9.89. The number of carbonyl (C=O) groups excluding carboxylic acids is 1. The molecule has 0 saturated carbocycles. The van der Waals surface area contributed by atoms with Crippen molar-refractivity contribution < 1.29 is 13.9 Å². The van der Waals surface area contributed by atoms with E-state index in [9.17, 15) is 9.18 Å². The Hall–Kier alpha value is -2.71. The zero-order valence-corrected chi connectivity index (χ0v) is 17.5. The summed E-state index contributed by atoms with van der Waals surface area (Å²) in [7, 11) is 0. The molecule has 156 valence electrons. The van der Waals surface area contributed by atoms with Gasteiger partial charge in [-0.15, -0.1) is 10.2 Å². The van der Waals surface area contributed by atoms with Crippen molar-refractivity contribution in [3.05, 3.63) is 59.9 Å². The minimum atomic E-state index is -0.308. The molecular weight excluding hydrogens is 403 g/mol. The number of nitrogens with zero attached hydrogens (tertiary/aromatic N) is 3. The average molecular weight is 427 g/mol. The van der Waals surface area contributed by atoms with Crippen LogP contribution in [0.5, 0.6) is 0 Å². The molecule has 0 aliphatic carbocycles. The number of benzene rings is 2. The van der Waals surface area contributed by atoms with Gasteiger partial charge in [-0.05, 0) is 56.2 Å². The van der Waals surface area contributed by atoms with Gasteiger partial charge in [0.25, 0.3) is 0 Å². The Morgan fingerprint density at radius 3 is 2.67 bits per heavy atom. The van der Waals surface area contributed by atoms with Crippen molar-refractivity contribution >= 4 is 17.7 Å². The number of thioether (sulfide) groups is 1. The molecular formula is C22H23FN4O2S. The molecule has 1 aliphatic heterocycles. The zero-order valence-electron chi connectivity index (χ0n) is 16.7. The summed E-state index contributed by atoms with van der Waals surface area (Å²) in [6.07, 6.45) is 2.14. The number of halogens is 1. The second kappa shape index (κ2) is 9.40. The van der Waals surface area contributed by atoms with Gasteiger partial charge in [0.15, 0.2) is 11.0 Å². The lowest BCUT2D eigenvalue weighted by Gasteiger charge is -2.12. The first kappa shape index (κ1) is 20.6. The smallest absolute Gasteiger partial charge is 0.230 e. The Morgan fingerprint density at radius 2 is 1.97 bits per heavy atom. The van der Waals surface area contributed by atoms with Gasteiger partial charge in [0.1, 0.15) is 5.82 Å². The molecule has 1 N–H and O–H groups in total. The highest BCUT2D eigenvalue weighted by Gasteiger charge is 2.19. The molecule has 1 fully saturated rings. The highest BCUT2D eigenvalue weighted by atomic mass is 32.2. The number of ether oxygens (including phenoxy) is 1. The van der Waals surface area contributed by atoms with Crippen LogP contribution in [0.4, 0.5) is 4.39 Å². The minimum absolute atomic E-state index is 0.0720. The normalized spacial score (nSPS) is 16.0. The predicted octanol–water partition coefficient (Wildman–Crippen LogP) is 3.77. The van der Waals surface area contributed by atoms with Gasteiger partial charge in [-0.3, -0.25) is 9.36 Å². The van der Waals surface area contributed by atoms with Crippen molar-refractivity contribution in [2.24, 2.45) is 0 Å². The summed E-state index contributed by atoms with van der Waals surface area (Å²) in [6, 6.07) is 14.1. The number of aromatic nitrogens is 3. The molecule has 2 heterocycles. The lowest BCUT2D eigenvalue weighted by Crippen LogP contribution is -2.32. The fraction of sp³-hybridized carbons (Fsp3) is 0.318. The molecule has 6 nitrogen and oxygen atoms in total. The van der Waals surface area contributed by atoms with Crippen LogP contribution in [0, 0.1) is 12.7 Å². The molecule has 0 bridgehead atoms. The monoisotopic (exact) mass is 426 g/mol. The van der Waals surface area contributed by atoms with Crippen LogP contribution in [0.25, 0.3) is 17.1 Å². The van der Waals surface area contributed by atoms with E-state index >= 15 is 0 Å². The van der Waals surface area contributed by atoms with Crippen molar-refractivity contribution in [2.75, 3.05) is 18.9 Å². The second-order valence-corrected chi connectivity index (χ2v) is 8.15. The zero-order chi connectivity index (χ0) is 20.9. The van der Waals surface area contributed by atoms with Gasteiger partial charge in [-0.1, -0.05) is 29.5 Å². The molecule has 3 aromatic rings. The van der Waals surface area contributed by atoms with E-state index in [-0.39, 0.29) is 23.6 Å². The molecule has 1 amide bonds. The van der Waals surface area contributed by atoms with E-state index in [0.29, 0.717) is 17.5 Å². The third kappa shape index (κ3) is 4.88. The SMILES string of the molecule is Cc1ccc(-n2c(SCC(=O)NC[C@H]3CCCO3)nnc2-c2ccc(F)cc2)cc1. The largest absolute Gasteiger partial charge is 0.376 e. The van der Waals surface area contributed by atoms with Gasteiger partial charge in [0, 0.05) is 24.4 Å². The maximum Gasteiger partial charge on any atom is 0.230 e. The first-order valence-corrected chi connectivity index (χ1v) is 10.9. The molecule has 4 rings (SSSR count). The number of rotatable bonds is 7. The fourth-order valence-electron chi connectivity index (χ4n) is 3.29. The number of hydrogen-bond acceptors (Lipinski definition) is 5. The Labute approximate surface area is 178 Å². The van der Waals surface area contributed by atoms with Gasteiger partial charge in [0.2, 0.25) is 5.91 Å². The standard InChI is InChI=1S/C22H23FN4O2S/c1-15-4-10-18(11-5-15)27-21(16-6-8-17(23)9-7-16)25-26-22(27)30-14-20(28)24-13-19-3-2-12-29-19/h4-11,19H,2-3,12-14H2,1H3,(H,24,28)/t19-/m1/s1. The Morgan fingerprint density at radius 1 is 1.20 bits per heavy atom. The lowest BCUT2D eigenvalue weighted by molar-refractivity contribution is -0.119. The van der Waals surface area contributed by atoms with Gasteiger partial charge < -0.3 is 10.1 Å². The average Bonchev–Trinajstić information content (AvgIpc) is 3.42. The van der Waals surface area contributed by atoms with Crippen LogP contribution in [0.1, 0.15) is 18.4 Å². The third-order valence-corrected chi connectivity index (χ3v) is 5.84. The highest BCUT2D eigenvalue weighted by Crippen LogP contribution is 2.28. The van der Waals surface area contributed by atoms with E-state index < -0.39 is 0 Å². The van der Waals surface area contributed by atoms with Crippen LogP contribution in [0.2, 0.25) is 0 Å². The number of amides is 1. The van der Waals surface area contributed by atoms with E-state index in [0.717, 1.165) is 36.3 Å². The molecule has 30 heavy (non-hydrogen) atoms. The van der Waals surface area contributed by atoms with Crippen molar-refractivity contribution in [3.63, 3.8) is 0 Å². The Balaban J connectivity index is 1.54. The van der Waals surface area contributed by atoms with Crippen molar-refractivity contribution in [1.29, 1.82) is 0 Å². The van der Waals surface area contributed by atoms with Crippen LogP contribution < -0.4 is 5.32 Å². The summed E-state index contributed by atoms with van der Waals surface area (Å²) < 4.78 is 20.8. The van der Waals surface area contributed by atoms with Gasteiger partial charge in [0.05, 0.1) is 11.9 Å². The fourth-order valence-corrected chi connectivity index (χ4v) is 4.07. The van der Waals surface area contributed by atoms with Crippen molar-refractivity contribution in [3.8, 4) is 17.1 Å². The predicted molar refractivity (Wildman–Crippen MR) is 114 cm³/mol. The maximum absolute atomic E-state index is 13.4. The molecule has 1 saturated heterocycles. The van der Waals surface area contributed by atoms with Crippen LogP contribution in [-0.4, -0.2) is 45.7 Å². The van der Waals surface area contributed by atoms with Crippen LogP contribution in [0.15, 0.2) is 53.7 Å². The molecule has 1 aromatic heterocycles. The number of aryl methyl sites for hydroxylation is 1. The van der Waals surface area contributed by atoms with E-state index in [1.165, 1.54) is 23.9 Å². The van der Waals surface area contributed by atoms with Gasteiger partial charge in [-0.2, -0.15) is 0 Å². The van der Waals surface area contributed by atoms with E-state index in [1.807, 2.05) is 35.8 Å². The topological polar surface area (TPSA) is 69.0 Å². The van der Waals surface area contributed by atoms with Crippen molar-refractivity contribution in [1.82, 2.24) is 20.1 Å². The van der Waals surface area contributed by atoms with E-state index in [4.69, 9.17) is 4.74 Å². The molecule has 1 atom stereocenters. The third-order valence-electron chi connectivity index (χ3n) is 4.91. The van der Waals surface area contributed by atoms with Crippen molar-refractivity contribution in [2.45, 2.75) is 31.0 Å². The summed E-state index contributed by atoms with van der Waals surface area (Å²) >= 11 is 1.32. The van der Waals surface area contributed by atoms with Crippen LogP contribution in [0.3, 0.4) is 0 Å². The van der Waals surface area contributed by atoms with E-state index in [1.54, 1.807) is 12.1 Å². The molecule has 2 aromatic carbocycles. The number of carbonyl (C=O) groups is 1. The number of hydrogen-bond donors (Lipinski definition) is 1. The maximum atomic E-state index is 13.4. The minimum Gasteiger partial charge on any atom is -0.376 e. The van der Waals surface area contributed by atoms with Gasteiger partial charge in [-0.25, -0.2) is 4.39 Å². The van der Waals surface area contributed by atoms with Crippen LogP contribution in [-0.2, 0) is 9.53 Å². The Kier molecular flexibility index (Phi) is 6.44. The first-order chi connectivity index (χ1) is 14.6. The Bertz CT molecular complexity index is 999. The quantitative estimate of drug-likeness (QED) is 0.583. The summed E-state index contributed by atoms with van der Waals surface area (Å²) in [6.45, 7) is 3.32. The second-order valence-electron chi connectivity index (χ2n) is 7.21. The molecule has 1 aliphatic rings. The molecule has 8 heteroatoms. The summed E-state index contributed by atoms with van der Waals surface area (Å²) in [4.78, 5) is 12.3. The molecule has 0 radical (unpaired) electrons. The van der Waals surface area contributed by atoms with Crippen LogP contribution >= 0.6 is 11.8 Å².